The van der Waals surface area contributed by atoms with Crippen molar-refractivity contribution in [2.24, 2.45) is 7.05 Å². The average molecular weight is 315 g/mol. The monoisotopic (exact) mass is 315 g/mol. The number of hydrogen-bond donors (Lipinski definition) is 0. The molecular formula is C17H25N5O. The van der Waals surface area contributed by atoms with E-state index >= 15 is 0 Å². The van der Waals surface area contributed by atoms with Crippen molar-refractivity contribution in [1.29, 1.82) is 0 Å². The fourth-order valence-electron chi connectivity index (χ4n) is 3.49. The lowest BCUT2D eigenvalue weighted by Crippen LogP contribution is -2.41. The summed E-state index contributed by atoms with van der Waals surface area (Å²) in [4.78, 5) is 19.2. The average Bonchev–Trinajstić information content (AvgIpc) is 3.00. The first-order chi connectivity index (χ1) is 10.9. The highest BCUT2D eigenvalue weighted by Crippen LogP contribution is 2.26. The maximum Gasteiger partial charge on any atom is 0.244 e. The molecule has 3 heterocycles. The lowest BCUT2D eigenvalue weighted by molar-refractivity contribution is -0.133. The topological polar surface area (TPSA) is 56.0 Å². The number of amides is 1. The van der Waals surface area contributed by atoms with Crippen LogP contribution in [0.15, 0.2) is 12.3 Å². The number of aryl methyl sites for hydroxylation is 4. The van der Waals surface area contributed by atoms with Crippen LogP contribution in [-0.2, 0) is 18.4 Å². The number of aromatic nitrogens is 4. The van der Waals surface area contributed by atoms with E-state index in [4.69, 9.17) is 0 Å². The molecule has 23 heavy (non-hydrogen) atoms. The third kappa shape index (κ3) is 3.30. The molecule has 2 aromatic rings. The largest absolute Gasteiger partial charge is 0.340 e. The second-order valence-corrected chi connectivity index (χ2v) is 6.62. The Morgan fingerprint density at radius 3 is 2.70 bits per heavy atom. The third-order valence-corrected chi connectivity index (χ3v) is 4.56. The summed E-state index contributed by atoms with van der Waals surface area (Å²) in [6.07, 6.45) is 4.17. The van der Waals surface area contributed by atoms with E-state index in [0.717, 1.165) is 48.8 Å². The van der Waals surface area contributed by atoms with E-state index < -0.39 is 0 Å². The lowest BCUT2D eigenvalue weighted by Gasteiger charge is -2.32. The fourth-order valence-corrected chi connectivity index (χ4v) is 3.49. The number of imidazole rings is 1. The SMILES string of the molecule is Cc1cn(C)c(C2CCCN(C(=O)Cn3nc(C)cc3C)C2)n1. The van der Waals surface area contributed by atoms with Gasteiger partial charge in [0, 0.05) is 37.9 Å². The van der Waals surface area contributed by atoms with E-state index in [9.17, 15) is 4.79 Å². The number of nitrogens with zero attached hydrogens (tertiary/aromatic N) is 5. The molecule has 0 N–H and O–H groups in total. The van der Waals surface area contributed by atoms with E-state index in [1.165, 1.54) is 0 Å². The third-order valence-electron chi connectivity index (χ3n) is 4.56. The van der Waals surface area contributed by atoms with Gasteiger partial charge in [-0.1, -0.05) is 0 Å². The van der Waals surface area contributed by atoms with Gasteiger partial charge >= 0.3 is 0 Å². The number of piperidine rings is 1. The molecule has 124 valence electrons. The van der Waals surface area contributed by atoms with Gasteiger partial charge in [-0.25, -0.2) is 4.98 Å². The summed E-state index contributed by atoms with van der Waals surface area (Å²) < 4.78 is 3.89. The summed E-state index contributed by atoms with van der Waals surface area (Å²) in [5, 5.41) is 4.39. The standard InChI is InChI=1S/C17H25N5O/c1-12-8-14(3)22(19-12)11-16(23)21-7-5-6-15(10-21)17-18-13(2)9-20(17)4/h8-9,15H,5-7,10-11H2,1-4H3. The summed E-state index contributed by atoms with van der Waals surface area (Å²) in [5.74, 6) is 1.56. The molecule has 0 aliphatic carbocycles. The molecule has 1 aliphatic heterocycles. The number of hydrogen-bond acceptors (Lipinski definition) is 3. The van der Waals surface area contributed by atoms with Crippen molar-refractivity contribution in [3.8, 4) is 0 Å². The van der Waals surface area contributed by atoms with Crippen LogP contribution in [0.5, 0.6) is 0 Å². The second-order valence-electron chi connectivity index (χ2n) is 6.62. The first-order valence-electron chi connectivity index (χ1n) is 8.22. The Kier molecular flexibility index (Phi) is 4.24. The molecule has 1 amide bonds. The zero-order chi connectivity index (χ0) is 16.6. The number of rotatable bonds is 3. The second kappa shape index (κ2) is 6.18. The van der Waals surface area contributed by atoms with Crippen LogP contribution >= 0.6 is 0 Å². The number of likely N-dealkylation sites (tertiary alicyclic amines) is 1. The predicted molar refractivity (Wildman–Crippen MR) is 88.2 cm³/mol. The molecule has 1 unspecified atom stereocenters. The molecule has 1 saturated heterocycles. The van der Waals surface area contributed by atoms with Gasteiger partial charge < -0.3 is 9.47 Å². The van der Waals surface area contributed by atoms with Crippen molar-refractivity contribution >= 4 is 5.91 Å². The highest BCUT2D eigenvalue weighted by molar-refractivity contribution is 5.76. The van der Waals surface area contributed by atoms with Gasteiger partial charge in [0.1, 0.15) is 12.4 Å². The Labute approximate surface area is 137 Å². The minimum absolute atomic E-state index is 0.145. The zero-order valence-electron chi connectivity index (χ0n) is 14.4. The van der Waals surface area contributed by atoms with Crippen LogP contribution in [-0.4, -0.2) is 43.2 Å². The quantitative estimate of drug-likeness (QED) is 0.870. The molecule has 0 saturated carbocycles. The van der Waals surface area contributed by atoms with Gasteiger partial charge in [-0.05, 0) is 39.7 Å². The predicted octanol–water partition coefficient (Wildman–Crippen LogP) is 1.95. The van der Waals surface area contributed by atoms with Crippen LogP contribution in [0, 0.1) is 20.8 Å². The van der Waals surface area contributed by atoms with E-state index in [-0.39, 0.29) is 5.91 Å². The molecule has 0 spiro atoms. The molecule has 1 fully saturated rings. The van der Waals surface area contributed by atoms with Crippen LogP contribution in [0.4, 0.5) is 0 Å². The van der Waals surface area contributed by atoms with Crippen molar-refractivity contribution in [2.75, 3.05) is 13.1 Å². The van der Waals surface area contributed by atoms with E-state index in [1.54, 1.807) is 4.68 Å². The number of carbonyl (C=O) groups is 1. The molecule has 0 aromatic carbocycles. The summed E-state index contributed by atoms with van der Waals surface area (Å²) in [5.41, 5.74) is 3.02. The van der Waals surface area contributed by atoms with Crippen LogP contribution in [0.25, 0.3) is 0 Å². The van der Waals surface area contributed by atoms with Gasteiger partial charge in [-0.3, -0.25) is 9.48 Å². The van der Waals surface area contributed by atoms with Crippen LogP contribution < -0.4 is 0 Å². The summed E-state index contributed by atoms with van der Waals surface area (Å²) in [6, 6.07) is 2.00. The van der Waals surface area contributed by atoms with Crippen molar-refractivity contribution in [2.45, 2.75) is 46.1 Å². The van der Waals surface area contributed by atoms with Crippen molar-refractivity contribution < 1.29 is 4.79 Å². The van der Waals surface area contributed by atoms with Gasteiger partial charge in [0.2, 0.25) is 5.91 Å². The lowest BCUT2D eigenvalue weighted by atomic mass is 9.97. The maximum absolute atomic E-state index is 12.6. The molecule has 1 aliphatic rings. The molecule has 0 radical (unpaired) electrons. The first kappa shape index (κ1) is 15.8. The van der Waals surface area contributed by atoms with Crippen LogP contribution in [0.2, 0.25) is 0 Å². The zero-order valence-corrected chi connectivity index (χ0v) is 14.4. The van der Waals surface area contributed by atoms with E-state index in [0.29, 0.717) is 12.5 Å². The Morgan fingerprint density at radius 1 is 1.30 bits per heavy atom. The summed E-state index contributed by atoms with van der Waals surface area (Å²) in [6.45, 7) is 7.86. The van der Waals surface area contributed by atoms with Gasteiger partial charge in [0.15, 0.2) is 0 Å². The summed E-state index contributed by atoms with van der Waals surface area (Å²) >= 11 is 0. The van der Waals surface area contributed by atoms with Crippen LogP contribution in [0.3, 0.4) is 0 Å². The molecule has 3 rings (SSSR count). The number of carbonyl (C=O) groups excluding carboxylic acids is 1. The van der Waals surface area contributed by atoms with Gasteiger partial charge in [0.25, 0.3) is 0 Å². The Balaban J connectivity index is 1.69. The van der Waals surface area contributed by atoms with Crippen molar-refractivity contribution in [3.63, 3.8) is 0 Å². The smallest absolute Gasteiger partial charge is 0.244 e. The van der Waals surface area contributed by atoms with Crippen LogP contribution in [0.1, 0.15) is 41.7 Å². The molecule has 6 heteroatoms. The van der Waals surface area contributed by atoms with Gasteiger partial charge in [-0.2, -0.15) is 5.10 Å². The normalized spacial score (nSPS) is 18.4. The minimum Gasteiger partial charge on any atom is -0.340 e. The van der Waals surface area contributed by atoms with E-state index in [2.05, 4.69) is 14.6 Å². The van der Waals surface area contributed by atoms with Gasteiger partial charge in [0.05, 0.1) is 11.4 Å². The molecular weight excluding hydrogens is 290 g/mol. The highest BCUT2D eigenvalue weighted by atomic mass is 16.2. The van der Waals surface area contributed by atoms with Crippen molar-refractivity contribution in [3.05, 3.63) is 35.2 Å². The Bertz CT molecular complexity index is 715. The molecule has 0 bridgehead atoms. The minimum atomic E-state index is 0.145. The molecule has 1 atom stereocenters. The Morgan fingerprint density at radius 2 is 2.09 bits per heavy atom. The Hall–Kier alpha value is -2.11. The molecule has 6 nitrogen and oxygen atoms in total. The fraction of sp³-hybridized carbons (Fsp3) is 0.588. The highest BCUT2D eigenvalue weighted by Gasteiger charge is 2.27. The maximum atomic E-state index is 12.6. The van der Waals surface area contributed by atoms with Gasteiger partial charge in [-0.15, -0.1) is 0 Å². The van der Waals surface area contributed by atoms with Crippen molar-refractivity contribution in [1.82, 2.24) is 24.2 Å². The summed E-state index contributed by atoms with van der Waals surface area (Å²) in [7, 11) is 2.03. The first-order valence-corrected chi connectivity index (χ1v) is 8.22. The molecule has 2 aromatic heterocycles. The van der Waals surface area contributed by atoms with E-state index in [1.807, 2.05) is 45.0 Å².